The van der Waals surface area contributed by atoms with Crippen molar-refractivity contribution in [3.05, 3.63) is 23.3 Å². The molecule has 0 spiro atoms. The Labute approximate surface area is 96.8 Å². The summed E-state index contributed by atoms with van der Waals surface area (Å²) in [6.45, 7) is 5.97. The number of benzene rings is 1. The zero-order valence-electron chi connectivity index (χ0n) is 10.2. The van der Waals surface area contributed by atoms with Crippen LogP contribution in [0.4, 0.5) is 0 Å². The van der Waals surface area contributed by atoms with Crippen LogP contribution in [-0.2, 0) is 13.0 Å². The van der Waals surface area contributed by atoms with Crippen LogP contribution in [-0.4, -0.2) is 19.8 Å². The van der Waals surface area contributed by atoms with Crippen molar-refractivity contribution in [1.29, 1.82) is 0 Å². The number of hydrogen-bond acceptors (Lipinski definition) is 3. The predicted octanol–water partition coefficient (Wildman–Crippen LogP) is 2.13. The molecule has 0 aliphatic carbocycles. The van der Waals surface area contributed by atoms with Crippen molar-refractivity contribution in [2.45, 2.75) is 32.9 Å². The highest BCUT2D eigenvalue weighted by atomic mass is 16.5. The lowest BCUT2D eigenvalue weighted by Crippen LogP contribution is -2.12. The minimum Gasteiger partial charge on any atom is -0.496 e. The third-order valence-electron chi connectivity index (χ3n) is 2.86. The Hall–Kier alpha value is -1.22. The molecular weight excluding hydrogens is 202 g/mol. The van der Waals surface area contributed by atoms with E-state index in [0.717, 1.165) is 36.6 Å². The van der Waals surface area contributed by atoms with E-state index in [1.54, 1.807) is 7.11 Å². The number of ether oxygens (including phenoxy) is 2. The van der Waals surface area contributed by atoms with Gasteiger partial charge in [-0.3, -0.25) is 0 Å². The van der Waals surface area contributed by atoms with E-state index < -0.39 is 0 Å². The van der Waals surface area contributed by atoms with Crippen LogP contribution in [0.25, 0.3) is 0 Å². The largest absolute Gasteiger partial charge is 0.496 e. The molecule has 0 bridgehead atoms. The molecule has 88 valence electrons. The fourth-order valence-electron chi connectivity index (χ4n) is 2.07. The Bertz CT molecular complexity index is 376. The highest BCUT2D eigenvalue weighted by Crippen LogP contribution is 2.34. The number of rotatable bonds is 4. The Morgan fingerprint density at radius 3 is 3.00 bits per heavy atom. The molecule has 1 aromatic rings. The fraction of sp³-hybridized carbons (Fsp3) is 0.538. The van der Waals surface area contributed by atoms with Gasteiger partial charge in [0, 0.05) is 24.1 Å². The number of fused-ring (bicyclic) bond motifs is 1. The molecule has 0 saturated carbocycles. The first kappa shape index (κ1) is 11.3. The van der Waals surface area contributed by atoms with Crippen LogP contribution in [0, 0.1) is 0 Å². The minimum absolute atomic E-state index is 0.286. The Kier molecular flexibility index (Phi) is 3.34. The lowest BCUT2D eigenvalue weighted by molar-refractivity contribution is 0.254. The molecular formula is C13H19NO2. The van der Waals surface area contributed by atoms with E-state index in [4.69, 9.17) is 9.47 Å². The molecule has 0 fully saturated rings. The van der Waals surface area contributed by atoms with Crippen LogP contribution >= 0.6 is 0 Å². The van der Waals surface area contributed by atoms with Crippen LogP contribution in [0.5, 0.6) is 11.5 Å². The van der Waals surface area contributed by atoms with Crippen molar-refractivity contribution >= 4 is 0 Å². The predicted molar refractivity (Wildman–Crippen MR) is 64.2 cm³/mol. The first-order valence-electron chi connectivity index (χ1n) is 5.81. The molecule has 1 aromatic carbocycles. The van der Waals surface area contributed by atoms with E-state index in [9.17, 15) is 0 Å². The Morgan fingerprint density at radius 1 is 1.50 bits per heavy atom. The van der Waals surface area contributed by atoms with Gasteiger partial charge in [0.25, 0.3) is 0 Å². The smallest absolute Gasteiger partial charge is 0.123 e. The van der Waals surface area contributed by atoms with Crippen LogP contribution in [0.2, 0.25) is 0 Å². The molecule has 0 aromatic heterocycles. The van der Waals surface area contributed by atoms with Gasteiger partial charge in [-0.15, -0.1) is 0 Å². The van der Waals surface area contributed by atoms with Gasteiger partial charge in [-0.2, -0.15) is 0 Å². The molecule has 1 aliphatic heterocycles. The van der Waals surface area contributed by atoms with E-state index in [-0.39, 0.29) is 6.10 Å². The average molecular weight is 221 g/mol. The molecule has 0 radical (unpaired) electrons. The normalized spacial score (nSPS) is 18.1. The first-order chi connectivity index (χ1) is 7.74. The third-order valence-corrected chi connectivity index (χ3v) is 2.86. The van der Waals surface area contributed by atoms with Crippen LogP contribution in [0.15, 0.2) is 12.1 Å². The molecule has 1 unspecified atom stereocenters. The number of nitrogens with one attached hydrogen (secondary N) is 1. The molecule has 1 N–H and O–H groups in total. The minimum atomic E-state index is 0.286. The summed E-state index contributed by atoms with van der Waals surface area (Å²) in [4.78, 5) is 0. The standard InChI is InChI=1S/C13H19NO2/c1-4-14-8-11-7-13-10(5-9(2)16-13)6-12(11)15-3/h6-7,9,14H,4-5,8H2,1-3H3. The first-order valence-corrected chi connectivity index (χ1v) is 5.81. The topological polar surface area (TPSA) is 30.5 Å². The summed E-state index contributed by atoms with van der Waals surface area (Å²) < 4.78 is 11.2. The van der Waals surface area contributed by atoms with Gasteiger partial charge in [-0.05, 0) is 25.6 Å². The van der Waals surface area contributed by atoms with E-state index in [1.807, 2.05) is 0 Å². The Balaban J connectivity index is 2.27. The second-order valence-electron chi connectivity index (χ2n) is 4.18. The lowest BCUT2D eigenvalue weighted by atomic mass is 10.1. The van der Waals surface area contributed by atoms with Gasteiger partial charge in [0.1, 0.15) is 17.6 Å². The summed E-state index contributed by atoms with van der Waals surface area (Å²) in [6, 6.07) is 4.20. The number of methoxy groups -OCH3 is 1. The van der Waals surface area contributed by atoms with Crippen LogP contribution in [0.1, 0.15) is 25.0 Å². The monoisotopic (exact) mass is 221 g/mol. The van der Waals surface area contributed by atoms with Crippen molar-refractivity contribution in [3.63, 3.8) is 0 Å². The summed E-state index contributed by atoms with van der Waals surface area (Å²) >= 11 is 0. The zero-order chi connectivity index (χ0) is 11.5. The van der Waals surface area contributed by atoms with E-state index >= 15 is 0 Å². The average Bonchev–Trinajstić information content (AvgIpc) is 2.63. The van der Waals surface area contributed by atoms with Gasteiger partial charge in [0.2, 0.25) is 0 Å². The maximum Gasteiger partial charge on any atom is 0.123 e. The second-order valence-corrected chi connectivity index (χ2v) is 4.18. The van der Waals surface area contributed by atoms with E-state index in [0.29, 0.717) is 0 Å². The van der Waals surface area contributed by atoms with Crippen molar-refractivity contribution in [2.75, 3.05) is 13.7 Å². The molecule has 3 nitrogen and oxygen atoms in total. The molecule has 0 amide bonds. The molecule has 16 heavy (non-hydrogen) atoms. The molecule has 3 heteroatoms. The van der Waals surface area contributed by atoms with Gasteiger partial charge < -0.3 is 14.8 Å². The summed E-state index contributed by atoms with van der Waals surface area (Å²) in [6.07, 6.45) is 1.27. The maximum atomic E-state index is 5.74. The van der Waals surface area contributed by atoms with Crippen molar-refractivity contribution < 1.29 is 9.47 Å². The maximum absolute atomic E-state index is 5.74. The number of hydrogen-bond donors (Lipinski definition) is 1. The molecule has 2 rings (SSSR count). The highest BCUT2D eigenvalue weighted by molar-refractivity contribution is 5.48. The highest BCUT2D eigenvalue weighted by Gasteiger charge is 2.21. The zero-order valence-corrected chi connectivity index (χ0v) is 10.2. The summed E-state index contributed by atoms with van der Waals surface area (Å²) in [5.41, 5.74) is 2.42. The van der Waals surface area contributed by atoms with Gasteiger partial charge >= 0.3 is 0 Å². The quantitative estimate of drug-likeness (QED) is 0.845. The van der Waals surface area contributed by atoms with Gasteiger partial charge in [0.15, 0.2) is 0 Å². The fourth-order valence-corrected chi connectivity index (χ4v) is 2.07. The van der Waals surface area contributed by atoms with Crippen LogP contribution < -0.4 is 14.8 Å². The lowest BCUT2D eigenvalue weighted by Gasteiger charge is -2.11. The van der Waals surface area contributed by atoms with Gasteiger partial charge in [-0.1, -0.05) is 6.92 Å². The molecule has 0 saturated heterocycles. The SMILES string of the molecule is CCNCc1cc2c(cc1OC)CC(C)O2. The van der Waals surface area contributed by atoms with E-state index in [1.165, 1.54) is 5.56 Å². The van der Waals surface area contributed by atoms with Gasteiger partial charge in [0.05, 0.1) is 7.11 Å². The third kappa shape index (κ3) is 2.14. The molecule has 1 heterocycles. The van der Waals surface area contributed by atoms with Gasteiger partial charge in [-0.25, -0.2) is 0 Å². The summed E-state index contributed by atoms with van der Waals surface area (Å²) in [5.74, 6) is 1.97. The molecule has 1 atom stereocenters. The van der Waals surface area contributed by atoms with E-state index in [2.05, 4.69) is 31.3 Å². The Morgan fingerprint density at radius 2 is 2.31 bits per heavy atom. The molecule has 1 aliphatic rings. The summed E-state index contributed by atoms with van der Waals surface area (Å²) in [5, 5.41) is 3.31. The van der Waals surface area contributed by atoms with Crippen molar-refractivity contribution in [1.82, 2.24) is 5.32 Å². The van der Waals surface area contributed by atoms with Crippen molar-refractivity contribution in [2.24, 2.45) is 0 Å². The van der Waals surface area contributed by atoms with Crippen molar-refractivity contribution in [3.8, 4) is 11.5 Å². The second kappa shape index (κ2) is 4.74. The summed E-state index contributed by atoms with van der Waals surface area (Å²) in [7, 11) is 1.72. The van der Waals surface area contributed by atoms with Crippen LogP contribution in [0.3, 0.4) is 0 Å².